The maximum atomic E-state index is 12.3. The van der Waals surface area contributed by atoms with Gasteiger partial charge in [0.15, 0.2) is 0 Å². The van der Waals surface area contributed by atoms with E-state index in [-0.39, 0.29) is 0 Å². The molecule has 0 saturated heterocycles. The van der Waals surface area contributed by atoms with Crippen molar-refractivity contribution in [1.29, 1.82) is 0 Å². The Morgan fingerprint density at radius 3 is 2.18 bits per heavy atom. The lowest BCUT2D eigenvalue weighted by atomic mass is 10.1. The highest BCUT2D eigenvalue weighted by Gasteiger charge is 2.29. The first-order valence-corrected chi connectivity index (χ1v) is 4.62. The normalized spacial score (nSPS) is 12.2. The van der Waals surface area contributed by atoms with Crippen molar-refractivity contribution in [3.05, 3.63) is 48.0 Å². The molecule has 7 heteroatoms. The van der Waals surface area contributed by atoms with E-state index in [1.54, 1.807) is 0 Å². The van der Waals surface area contributed by atoms with Gasteiger partial charge in [-0.1, -0.05) is 12.1 Å². The SMILES string of the molecule is FC(F)(F)c1ccc(/C=N\n2cnnc2)cc1. The van der Waals surface area contributed by atoms with Crippen molar-refractivity contribution >= 4 is 6.21 Å². The first-order valence-electron chi connectivity index (χ1n) is 4.62. The van der Waals surface area contributed by atoms with E-state index in [4.69, 9.17) is 0 Å². The average molecular weight is 240 g/mol. The van der Waals surface area contributed by atoms with E-state index in [0.29, 0.717) is 5.56 Å². The zero-order chi connectivity index (χ0) is 12.3. The van der Waals surface area contributed by atoms with Gasteiger partial charge >= 0.3 is 6.18 Å². The molecule has 0 saturated carbocycles. The Kier molecular flexibility index (Phi) is 2.90. The Balaban J connectivity index is 2.14. The third-order valence-corrected chi connectivity index (χ3v) is 1.98. The zero-order valence-corrected chi connectivity index (χ0v) is 8.46. The standard InChI is InChI=1S/C10H7F3N4/c11-10(12,13)9-3-1-8(2-4-9)5-16-17-6-14-15-7-17/h1-7H/b16-5-. The van der Waals surface area contributed by atoms with Crippen LogP contribution in [0.3, 0.4) is 0 Å². The summed E-state index contributed by atoms with van der Waals surface area (Å²) in [5.74, 6) is 0. The lowest BCUT2D eigenvalue weighted by Crippen LogP contribution is -2.04. The van der Waals surface area contributed by atoms with E-state index in [1.807, 2.05) is 0 Å². The topological polar surface area (TPSA) is 43.1 Å². The van der Waals surface area contributed by atoms with Crippen molar-refractivity contribution < 1.29 is 13.2 Å². The molecule has 2 aromatic rings. The molecule has 2 rings (SSSR count). The van der Waals surface area contributed by atoms with Crippen molar-refractivity contribution in [3.8, 4) is 0 Å². The second-order valence-corrected chi connectivity index (χ2v) is 3.21. The average Bonchev–Trinajstić information content (AvgIpc) is 2.78. The van der Waals surface area contributed by atoms with Gasteiger partial charge in [-0.3, -0.25) is 0 Å². The summed E-state index contributed by atoms with van der Waals surface area (Å²) in [6.07, 6.45) is -0.144. The van der Waals surface area contributed by atoms with Crippen molar-refractivity contribution in [1.82, 2.24) is 14.9 Å². The summed E-state index contributed by atoms with van der Waals surface area (Å²) in [6.45, 7) is 0. The summed E-state index contributed by atoms with van der Waals surface area (Å²) in [5, 5.41) is 11.0. The molecule has 0 aliphatic heterocycles. The quantitative estimate of drug-likeness (QED) is 0.755. The maximum Gasteiger partial charge on any atom is 0.416 e. The molecule has 1 aromatic heterocycles. The van der Waals surface area contributed by atoms with E-state index < -0.39 is 11.7 Å². The van der Waals surface area contributed by atoms with E-state index in [9.17, 15) is 13.2 Å². The molecule has 1 aromatic carbocycles. The fourth-order valence-corrected chi connectivity index (χ4v) is 1.15. The largest absolute Gasteiger partial charge is 0.416 e. The van der Waals surface area contributed by atoms with Gasteiger partial charge in [0.25, 0.3) is 0 Å². The highest BCUT2D eigenvalue weighted by Crippen LogP contribution is 2.28. The van der Waals surface area contributed by atoms with Crippen LogP contribution in [0.25, 0.3) is 0 Å². The minimum absolute atomic E-state index is 0.562. The minimum atomic E-state index is -4.32. The molecule has 0 spiro atoms. The van der Waals surface area contributed by atoms with Crippen LogP contribution in [0.5, 0.6) is 0 Å². The molecule has 17 heavy (non-hydrogen) atoms. The van der Waals surface area contributed by atoms with Gasteiger partial charge in [-0.2, -0.15) is 18.3 Å². The molecule has 0 bridgehead atoms. The van der Waals surface area contributed by atoms with E-state index in [0.717, 1.165) is 12.1 Å². The summed E-state index contributed by atoms with van der Waals surface area (Å²) in [5.41, 5.74) is -0.120. The number of hydrogen-bond acceptors (Lipinski definition) is 3. The third-order valence-electron chi connectivity index (χ3n) is 1.98. The first-order chi connectivity index (χ1) is 8.05. The molecule has 1 heterocycles. The minimum Gasteiger partial charge on any atom is -0.208 e. The molecule has 0 aliphatic carbocycles. The van der Waals surface area contributed by atoms with E-state index >= 15 is 0 Å². The van der Waals surface area contributed by atoms with Crippen LogP contribution in [-0.4, -0.2) is 21.1 Å². The molecule has 0 atom stereocenters. The predicted molar refractivity (Wildman–Crippen MR) is 54.5 cm³/mol. The van der Waals surface area contributed by atoms with Crippen molar-refractivity contribution in [2.24, 2.45) is 5.10 Å². The molecule has 0 amide bonds. The zero-order valence-electron chi connectivity index (χ0n) is 8.46. The van der Waals surface area contributed by atoms with Gasteiger partial charge in [-0.05, 0) is 17.7 Å². The highest BCUT2D eigenvalue weighted by molar-refractivity contribution is 5.79. The Morgan fingerprint density at radius 2 is 1.65 bits per heavy atom. The number of alkyl halides is 3. The second-order valence-electron chi connectivity index (χ2n) is 3.21. The Bertz CT molecular complexity index is 499. The molecule has 0 radical (unpaired) electrons. The van der Waals surface area contributed by atoms with Gasteiger partial charge in [0, 0.05) is 0 Å². The Morgan fingerprint density at radius 1 is 1.06 bits per heavy atom. The van der Waals surface area contributed by atoms with Crippen LogP contribution in [0.2, 0.25) is 0 Å². The van der Waals surface area contributed by atoms with Gasteiger partial charge in [-0.15, -0.1) is 10.2 Å². The fraction of sp³-hybridized carbons (Fsp3) is 0.100. The van der Waals surface area contributed by atoms with Crippen LogP contribution < -0.4 is 0 Å². The molecular weight excluding hydrogens is 233 g/mol. The summed E-state index contributed by atoms with van der Waals surface area (Å²) in [7, 11) is 0. The third kappa shape index (κ3) is 2.90. The Labute approximate surface area is 94.4 Å². The lowest BCUT2D eigenvalue weighted by molar-refractivity contribution is -0.137. The maximum absolute atomic E-state index is 12.3. The van der Waals surface area contributed by atoms with Gasteiger partial charge in [0.05, 0.1) is 11.8 Å². The number of aromatic nitrogens is 3. The first kappa shape index (κ1) is 11.3. The van der Waals surface area contributed by atoms with Gasteiger partial charge in [0.2, 0.25) is 0 Å². The number of nitrogens with zero attached hydrogens (tertiary/aromatic N) is 4. The molecule has 88 valence electrons. The summed E-state index contributed by atoms with van der Waals surface area (Å²) in [6, 6.07) is 4.70. The van der Waals surface area contributed by atoms with Crippen LogP contribution in [0.15, 0.2) is 42.0 Å². The van der Waals surface area contributed by atoms with Crippen LogP contribution in [0, 0.1) is 0 Å². The number of halogens is 3. The van der Waals surface area contributed by atoms with Crippen LogP contribution in [-0.2, 0) is 6.18 Å². The summed E-state index contributed by atoms with van der Waals surface area (Å²) in [4.78, 5) is 0. The van der Waals surface area contributed by atoms with E-state index in [2.05, 4.69) is 15.3 Å². The van der Waals surface area contributed by atoms with Crippen molar-refractivity contribution in [3.63, 3.8) is 0 Å². The molecule has 4 nitrogen and oxygen atoms in total. The van der Waals surface area contributed by atoms with Crippen LogP contribution in [0.1, 0.15) is 11.1 Å². The molecule has 0 unspecified atom stereocenters. The summed E-state index contributed by atoms with van der Waals surface area (Å²) >= 11 is 0. The van der Waals surface area contributed by atoms with Gasteiger partial charge < -0.3 is 0 Å². The molecule has 0 aliphatic rings. The molecular formula is C10H7F3N4. The van der Waals surface area contributed by atoms with Crippen LogP contribution in [0.4, 0.5) is 13.2 Å². The van der Waals surface area contributed by atoms with Crippen molar-refractivity contribution in [2.45, 2.75) is 6.18 Å². The lowest BCUT2D eigenvalue weighted by Gasteiger charge is -2.05. The number of hydrogen-bond donors (Lipinski definition) is 0. The molecule has 0 fully saturated rings. The fourth-order valence-electron chi connectivity index (χ4n) is 1.15. The van der Waals surface area contributed by atoms with Gasteiger partial charge in [-0.25, -0.2) is 4.68 Å². The van der Waals surface area contributed by atoms with E-state index in [1.165, 1.54) is 35.7 Å². The molecule has 0 N–H and O–H groups in total. The number of rotatable bonds is 2. The highest BCUT2D eigenvalue weighted by atomic mass is 19.4. The van der Waals surface area contributed by atoms with Crippen LogP contribution >= 0.6 is 0 Å². The predicted octanol–water partition coefficient (Wildman–Crippen LogP) is 2.18. The van der Waals surface area contributed by atoms with Crippen molar-refractivity contribution in [2.75, 3.05) is 0 Å². The Hall–Kier alpha value is -2.18. The summed E-state index contributed by atoms with van der Waals surface area (Å²) < 4.78 is 38.2. The number of benzene rings is 1. The van der Waals surface area contributed by atoms with Gasteiger partial charge in [0.1, 0.15) is 12.7 Å². The monoisotopic (exact) mass is 240 g/mol. The second kappa shape index (κ2) is 4.36. The smallest absolute Gasteiger partial charge is 0.208 e.